The van der Waals surface area contributed by atoms with Gasteiger partial charge in [0.1, 0.15) is 5.75 Å². The maximum Gasteiger partial charge on any atom is 0.254 e. The molecule has 0 bridgehead atoms. The summed E-state index contributed by atoms with van der Waals surface area (Å²) in [7, 11) is 0. The Kier molecular flexibility index (Phi) is 9.94. The van der Waals surface area contributed by atoms with E-state index in [4.69, 9.17) is 9.47 Å². The number of ether oxygens (including phenoxy) is 2. The van der Waals surface area contributed by atoms with E-state index in [1.165, 1.54) is 44.5 Å². The molecule has 4 nitrogen and oxygen atoms in total. The molecule has 0 atom stereocenters. The van der Waals surface area contributed by atoms with Crippen LogP contribution >= 0.6 is 33.9 Å². The lowest BCUT2D eigenvalue weighted by atomic mass is 9.96. The van der Waals surface area contributed by atoms with Crippen LogP contribution in [0.3, 0.4) is 0 Å². The number of aryl methyl sites for hydroxylation is 1. The van der Waals surface area contributed by atoms with E-state index in [0.717, 1.165) is 33.3 Å². The van der Waals surface area contributed by atoms with Crippen molar-refractivity contribution in [1.82, 2.24) is 4.90 Å². The number of nitrogens with zero attached hydrogens (tertiary/aromatic N) is 1. The van der Waals surface area contributed by atoms with E-state index < -0.39 is 0 Å². The Morgan fingerprint density at radius 3 is 2.58 bits per heavy atom. The van der Waals surface area contributed by atoms with E-state index in [1.807, 2.05) is 29.2 Å². The molecule has 1 aromatic heterocycles. The molecule has 1 saturated heterocycles. The minimum Gasteiger partial charge on any atom is -0.494 e. The molecule has 1 aliphatic heterocycles. The molecule has 208 valence electrons. The minimum absolute atomic E-state index is 0.0808. The second-order valence-electron chi connectivity index (χ2n) is 10.1. The second-order valence-corrected chi connectivity index (χ2v) is 12.4. The second kappa shape index (κ2) is 13.8. The van der Waals surface area contributed by atoms with Gasteiger partial charge in [0.15, 0.2) is 0 Å². The first kappa shape index (κ1) is 28.8. The molecule has 1 amide bonds. The normalized spacial score (nSPS) is 13.8. The molecule has 6 heteroatoms. The molecule has 1 aliphatic rings. The van der Waals surface area contributed by atoms with Crippen LogP contribution in [0.4, 0.5) is 0 Å². The molecular formula is C34H36INO3S. The predicted molar refractivity (Wildman–Crippen MR) is 176 cm³/mol. The van der Waals surface area contributed by atoms with Crippen molar-refractivity contribution in [2.45, 2.75) is 39.5 Å². The minimum atomic E-state index is 0.0808. The van der Waals surface area contributed by atoms with Gasteiger partial charge in [-0.1, -0.05) is 50.1 Å². The van der Waals surface area contributed by atoms with Crippen molar-refractivity contribution < 1.29 is 14.3 Å². The first-order valence-corrected chi connectivity index (χ1v) is 16.1. The number of halogens is 1. The molecule has 0 radical (unpaired) electrons. The van der Waals surface area contributed by atoms with Gasteiger partial charge in [0.25, 0.3) is 5.91 Å². The van der Waals surface area contributed by atoms with Crippen LogP contribution in [0.15, 0.2) is 60.7 Å². The highest BCUT2D eigenvalue weighted by atomic mass is 127. The number of morpholine rings is 1. The van der Waals surface area contributed by atoms with E-state index in [-0.39, 0.29) is 5.91 Å². The van der Waals surface area contributed by atoms with Crippen LogP contribution in [0.25, 0.3) is 32.7 Å². The number of benzene rings is 3. The number of rotatable bonds is 10. The Bertz CT molecular complexity index is 1500. The molecule has 0 saturated carbocycles. The zero-order valence-electron chi connectivity index (χ0n) is 23.3. The number of hydrogen-bond acceptors (Lipinski definition) is 4. The Labute approximate surface area is 255 Å². The van der Waals surface area contributed by atoms with E-state index in [2.05, 4.69) is 96.3 Å². The number of unbranched alkanes of at least 4 members (excludes halogenated alkanes) is 2. The van der Waals surface area contributed by atoms with Gasteiger partial charge in [0, 0.05) is 31.8 Å². The van der Waals surface area contributed by atoms with Gasteiger partial charge in [-0.2, -0.15) is 0 Å². The maximum absolute atomic E-state index is 13.4. The summed E-state index contributed by atoms with van der Waals surface area (Å²) in [5.41, 5.74) is 5.52. The van der Waals surface area contributed by atoms with Crippen LogP contribution in [0.1, 0.15) is 60.2 Å². The van der Waals surface area contributed by atoms with Crippen LogP contribution < -0.4 is 4.74 Å². The highest BCUT2D eigenvalue weighted by molar-refractivity contribution is 14.1. The maximum atomic E-state index is 13.4. The number of carbonyl (C=O) groups is 1. The average molecular weight is 666 g/mol. The van der Waals surface area contributed by atoms with Crippen molar-refractivity contribution in [1.29, 1.82) is 0 Å². The first-order valence-electron chi connectivity index (χ1n) is 14.2. The average Bonchev–Trinajstić information content (AvgIpc) is 3.41. The summed E-state index contributed by atoms with van der Waals surface area (Å²) in [5, 5.41) is 1.22. The van der Waals surface area contributed by atoms with Crippen LogP contribution in [-0.4, -0.2) is 43.7 Å². The third kappa shape index (κ3) is 6.96. The Balaban J connectivity index is 1.45. The lowest BCUT2D eigenvalue weighted by molar-refractivity contribution is 0.0302. The van der Waals surface area contributed by atoms with E-state index in [1.54, 1.807) is 0 Å². The molecule has 40 heavy (non-hydrogen) atoms. The number of fused-ring (bicyclic) bond motifs is 1. The van der Waals surface area contributed by atoms with Crippen molar-refractivity contribution in [2.24, 2.45) is 0 Å². The highest BCUT2D eigenvalue weighted by Crippen LogP contribution is 2.36. The van der Waals surface area contributed by atoms with Gasteiger partial charge in [-0.05, 0) is 112 Å². The van der Waals surface area contributed by atoms with E-state index in [0.29, 0.717) is 32.9 Å². The van der Waals surface area contributed by atoms with Gasteiger partial charge in [-0.15, -0.1) is 11.3 Å². The van der Waals surface area contributed by atoms with Crippen molar-refractivity contribution in [3.8, 4) is 16.2 Å². The quantitative estimate of drug-likeness (QED) is 0.0965. The van der Waals surface area contributed by atoms with Crippen molar-refractivity contribution in [3.63, 3.8) is 0 Å². The van der Waals surface area contributed by atoms with Gasteiger partial charge in [0.05, 0.1) is 19.8 Å². The summed E-state index contributed by atoms with van der Waals surface area (Å²) >= 11 is 4.11. The van der Waals surface area contributed by atoms with Gasteiger partial charge >= 0.3 is 0 Å². The molecule has 3 aromatic carbocycles. The summed E-state index contributed by atoms with van der Waals surface area (Å²) in [6.45, 7) is 7.41. The van der Waals surface area contributed by atoms with Crippen LogP contribution in [0, 0.1) is 3.57 Å². The van der Waals surface area contributed by atoms with Crippen molar-refractivity contribution in [2.75, 3.05) is 32.9 Å². The third-order valence-corrected chi connectivity index (χ3v) is 9.10. The van der Waals surface area contributed by atoms with Gasteiger partial charge < -0.3 is 14.4 Å². The summed E-state index contributed by atoms with van der Waals surface area (Å²) in [6, 6.07) is 21.6. The SMILES string of the molecule is CCCCCc1cc(-c2cc3cc(OCC)ccc3s2)ccc1C=Cc1ccc(I)cc1C(=O)N1CCOCC1. The van der Waals surface area contributed by atoms with E-state index in [9.17, 15) is 4.79 Å². The zero-order valence-corrected chi connectivity index (χ0v) is 26.2. The monoisotopic (exact) mass is 665 g/mol. The third-order valence-electron chi connectivity index (χ3n) is 7.26. The number of hydrogen-bond donors (Lipinski definition) is 0. The fraction of sp³-hybridized carbons (Fsp3) is 0.324. The molecule has 1 fully saturated rings. The summed E-state index contributed by atoms with van der Waals surface area (Å²) < 4.78 is 13.5. The standard InChI is InChI=1S/C34H36INO3S/c1-3-5-6-7-26-20-27(33-22-28-21-30(39-4-2)14-15-32(28)40-33)11-9-24(26)8-10-25-12-13-29(35)23-31(25)34(37)36-16-18-38-19-17-36/h8-15,20-23H,3-7,16-19H2,1-2H3. The van der Waals surface area contributed by atoms with Crippen LogP contribution in [-0.2, 0) is 11.2 Å². The van der Waals surface area contributed by atoms with Gasteiger partial charge in [-0.25, -0.2) is 0 Å². The summed E-state index contributed by atoms with van der Waals surface area (Å²) in [6.07, 6.45) is 8.90. The summed E-state index contributed by atoms with van der Waals surface area (Å²) in [4.78, 5) is 16.6. The first-order chi connectivity index (χ1) is 19.6. The smallest absolute Gasteiger partial charge is 0.254 e. The number of amides is 1. The zero-order chi connectivity index (χ0) is 27.9. The Morgan fingerprint density at radius 1 is 0.975 bits per heavy atom. The molecule has 0 aliphatic carbocycles. The number of thiophene rings is 1. The topological polar surface area (TPSA) is 38.8 Å². The summed E-state index contributed by atoms with van der Waals surface area (Å²) in [5.74, 6) is 0.999. The lowest BCUT2D eigenvalue weighted by Gasteiger charge is -2.27. The van der Waals surface area contributed by atoms with Crippen LogP contribution in [0.5, 0.6) is 5.75 Å². The molecular weight excluding hydrogens is 629 g/mol. The predicted octanol–water partition coefficient (Wildman–Crippen LogP) is 8.95. The van der Waals surface area contributed by atoms with Gasteiger partial charge in [-0.3, -0.25) is 4.79 Å². The molecule has 4 aromatic rings. The van der Waals surface area contributed by atoms with E-state index >= 15 is 0 Å². The molecule has 2 heterocycles. The largest absolute Gasteiger partial charge is 0.494 e. The van der Waals surface area contributed by atoms with Crippen LogP contribution in [0.2, 0.25) is 0 Å². The molecule has 0 N–H and O–H groups in total. The fourth-order valence-electron chi connectivity index (χ4n) is 5.10. The number of carbonyl (C=O) groups excluding carboxylic acids is 1. The van der Waals surface area contributed by atoms with Crippen molar-refractivity contribution >= 4 is 62.1 Å². The van der Waals surface area contributed by atoms with Crippen molar-refractivity contribution in [3.05, 3.63) is 86.5 Å². The molecule has 0 unspecified atom stereocenters. The Hall–Kier alpha value is -2.68. The fourth-order valence-corrected chi connectivity index (χ4v) is 6.63. The molecule has 5 rings (SSSR count). The molecule has 0 spiro atoms. The Morgan fingerprint density at radius 2 is 1.77 bits per heavy atom. The highest BCUT2D eigenvalue weighted by Gasteiger charge is 2.20. The van der Waals surface area contributed by atoms with Gasteiger partial charge in [0.2, 0.25) is 0 Å². The lowest BCUT2D eigenvalue weighted by Crippen LogP contribution is -2.41.